The van der Waals surface area contributed by atoms with Crippen LogP contribution in [0.2, 0.25) is 0 Å². The van der Waals surface area contributed by atoms with Crippen molar-refractivity contribution < 1.29 is 4.39 Å². The molecule has 0 fully saturated rings. The Balaban J connectivity index is 2.47. The Hall–Kier alpha value is -1.89. The van der Waals surface area contributed by atoms with Gasteiger partial charge in [-0.1, -0.05) is 12.1 Å². The number of alkyl halides is 1. The van der Waals surface area contributed by atoms with Crippen molar-refractivity contribution in [3.63, 3.8) is 0 Å². The summed E-state index contributed by atoms with van der Waals surface area (Å²) in [5, 5.41) is 8.72. The van der Waals surface area contributed by atoms with Crippen LogP contribution in [0.1, 0.15) is 12.2 Å². The van der Waals surface area contributed by atoms with Gasteiger partial charge in [0.25, 0.3) is 0 Å². The number of hydrogen-bond acceptors (Lipinski definition) is 2. The number of imidazole rings is 1. The summed E-state index contributed by atoms with van der Waals surface area (Å²) in [6.45, 7) is 0.229. The minimum atomic E-state index is -0.349. The topological polar surface area (TPSA) is 41.6 Å². The molecule has 0 radical (unpaired) electrons. The zero-order valence-electron chi connectivity index (χ0n) is 8.86. The van der Waals surface area contributed by atoms with E-state index in [0.29, 0.717) is 13.0 Å². The van der Waals surface area contributed by atoms with Gasteiger partial charge in [0, 0.05) is 6.54 Å². The summed E-state index contributed by atoms with van der Waals surface area (Å²) in [4.78, 5) is 4.37. The first-order chi connectivity index (χ1) is 7.86. The standard InChI is InChI=1S/C12H12FN3/c13-7-3-9-16-11-5-2-1-4-10(11)15-12(16)6-8-14/h1-2,4-5H,3,6-7,9H2. The number of aromatic nitrogens is 2. The summed E-state index contributed by atoms with van der Waals surface area (Å²) >= 11 is 0. The third-order valence-corrected chi connectivity index (χ3v) is 2.49. The number of nitriles is 1. The van der Waals surface area contributed by atoms with Crippen LogP contribution in [0.3, 0.4) is 0 Å². The average molecular weight is 217 g/mol. The van der Waals surface area contributed by atoms with Gasteiger partial charge in [-0.2, -0.15) is 5.26 Å². The number of benzene rings is 1. The first-order valence-electron chi connectivity index (χ1n) is 5.24. The lowest BCUT2D eigenvalue weighted by Gasteiger charge is -2.05. The van der Waals surface area contributed by atoms with E-state index in [1.165, 1.54) is 0 Å². The number of fused-ring (bicyclic) bond motifs is 1. The first-order valence-corrected chi connectivity index (χ1v) is 5.24. The average Bonchev–Trinajstić information content (AvgIpc) is 2.65. The number of para-hydroxylation sites is 2. The maximum Gasteiger partial charge on any atom is 0.124 e. The highest BCUT2D eigenvalue weighted by Gasteiger charge is 2.09. The summed E-state index contributed by atoms with van der Waals surface area (Å²) in [6, 6.07) is 9.77. The molecule has 0 saturated heterocycles. The van der Waals surface area contributed by atoms with Gasteiger partial charge in [0.05, 0.1) is 30.2 Å². The molecule has 0 unspecified atom stereocenters. The highest BCUT2D eigenvalue weighted by molar-refractivity contribution is 5.75. The van der Waals surface area contributed by atoms with Crippen LogP contribution in [0.15, 0.2) is 24.3 Å². The zero-order valence-corrected chi connectivity index (χ0v) is 8.86. The van der Waals surface area contributed by atoms with E-state index in [1.807, 2.05) is 28.8 Å². The molecule has 1 aromatic carbocycles. The van der Waals surface area contributed by atoms with Crippen LogP contribution >= 0.6 is 0 Å². The van der Waals surface area contributed by atoms with Gasteiger partial charge in [0.1, 0.15) is 5.82 Å². The number of halogens is 1. The molecule has 4 heteroatoms. The molecule has 0 aliphatic rings. The molecule has 16 heavy (non-hydrogen) atoms. The number of aryl methyl sites for hydroxylation is 1. The van der Waals surface area contributed by atoms with E-state index < -0.39 is 0 Å². The van der Waals surface area contributed by atoms with Crippen molar-refractivity contribution in [3.8, 4) is 6.07 Å². The molecule has 0 spiro atoms. The fraction of sp³-hybridized carbons (Fsp3) is 0.333. The third-order valence-electron chi connectivity index (χ3n) is 2.49. The molecule has 1 heterocycles. The van der Waals surface area contributed by atoms with E-state index in [0.717, 1.165) is 16.9 Å². The number of nitrogens with zero attached hydrogens (tertiary/aromatic N) is 3. The van der Waals surface area contributed by atoms with Crippen molar-refractivity contribution in [2.45, 2.75) is 19.4 Å². The minimum Gasteiger partial charge on any atom is -0.327 e. The zero-order chi connectivity index (χ0) is 11.4. The molecule has 0 amide bonds. The summed E-state index contributed by atoms with van der Waals surface area (Å²) in [5.41, 5.74) is 1.84. The SMILES string of the molecule is N#CCc1nc2ccccc2n1CCCF. The first kappa shape index (κ1) is 10.6. The lowest BCUT2D eigenvalue weighted by Crippen LogP contribution is -2.04. The molecule has 0 atom stereocenters. The van der Waals surface area contributed by atoms with Gasteiger partial charge in [-0.15, -0.1) is 0 Å². The largest absolute Gasteiger partial charge is 0.327 e. The maximum atomic E-state index is 12.2. The van der Waals surface area contributed by atoms with Gasteiger partial charge < -0.3 is 4.57 Å². The Kier molecular flexibility index (Phi) is 3.16. The van der Waals surface area contributed by atoms with Crippen LogP contribution in [0.4, 0.5) is 4.39 Å². The monoisotopic (exact) mass is 217 g/mol. The van der Waals surface area contributed by atoms with E-state index in [-0.39, 0.29) is 13.1 Å². The molecule has 0 N–H and O–H groups in total. The highest BCUT2D eigenvalue weighted by Crippen LogP contribution is 2.16. The Morgan fingerprint density at radius 1 is 1.38 bits per heavy atom. The Morgan fingerprint density at radius 2 is 2.19 bits per heavy atom. The van der Waals surface area contributed by atoms with Crippen molar-refractivity contribution in [1.29, 1.82) is 5.26 Å². The van der Waals surface area contributed by atoms with Crippen LogP contribution in [0.5, 0.6) is 0 Å². The molecule has 0 aliphatic heterocycles. The molecule has 0 saturated carbocycles. The second-order valence-corrected chi connectivity index (χ2v) is 3.55. The van der Waals surface area contributed by atoms with E-state index in [1.54, 1.807) is 0 Å². The third kappa shape index (κ3) is 1.89. The van der Waals surface area contributed by atoms with Crippen LogP contribution in [-0.2, 0) is 13.0 Å². The maximum absolute atomic E-state index is 12.2. The second kappa shape index (κ2) is 4.75. The molecular weight excluding hydrogens is 205 g/mol. The second-order valence-electron chi connectivity index (χ2n) is 3.55. The Labute approximate surface area is 93.1 Å². The van der Waals surface area contributed by atoms with E-state index >= 15 is 0 Å². The fourth-order valence-corrected chi connectivity index (χ4v) is 1.80. The number of hydrogen-bond donors (Lipinski definition) is 0. The lowest BCUT2D eigenvalue weighted by atomic mass is 10.3. The van der Waals surface area contributed by atoms with E-state index in [4.69, 9.17) is 5.26 Å². The van der Waals surface area contributed by atoms with Crippen molar-refractivity contribution in [2.24, 2.45) is 0 Å². The van der Waals surface area contributed by atoms with Crippen LogP contribution < -0.4 is 0 Å². The molecule has 2 aromatic rings. The van der Waals surface area contributed by atoms with Gasteiger partial charge >= 0.3 is 0 Å². The van der Waals surface area contributed by atoms with Gasteiger partial charge in [0.2, 0.25) is 0 Å². The summed E-state index contributed by atoms with van der Waals surface area (Å²) in [6.07, 6.45) is 0.722. The lowest BCUT2D eigenvalue weighted by molar-refractivity contribution is 0.447. The molecular formula is C12H12FN3. The normalized spacial score (nSPS) is 10.5. The van der Waals surface area contributed by atoms with Gasteiger partial charge in [-0.3, -0.25) is 4.39 Å². The minimum absolute atomic E-state index is 0.265. The molecule has 1 aromatic heterocycles. The molecule has 0 bridgehead atoms. The van der Waals surface area contributed by atoms with Gasteiger partial charge in [-0.05, 0) is 18.6 Å². The number of rotatable bonds is 4. The fourth-order valence-electron chi connectivity index (χ4n) is 1.80. The Morgan fingerprint density at radius 3 is 2.94 bits per heavy atom. The van der Waals surface area contributed by atoms with Crippen molar-refractivity contribution in [2.75, 3.05) is 6.67 Å². The van der Waals surface area contributed by atoms with Crippen LogP contribution in [0.25, 0.3) is 11.0 Å². The summed E-state index contributed by atoms with van der Waals surface area (Å²) in [5.74, 6) is 0.720. The summed E-state index contributed by atoms with van der Waals surface area (Å²) < 4.78 is 14.1. The smallest absolute Gasteiger partial charge is 0.124 e. The molecule has 2 rings (SSSR count). The van der Waals surface area contributed by atoms with Crippen LogP contribution in [-0.4, -0.2) is 16.2 Å². The van der Waals surface area contributed by atoms with E-state index in [2.05, 4.69) is 11.1 Å². The highest BCUT2D eigenvalue weighted by atomic mass is 19.1. The van der Waals surface area contributed by atoms with Crippen molar-refractivity contribution >= 4 is 11.0 Å². The predicted molar refractivity (Wildman–Crippen MR) is 59.6 cm³/mol. The van der Waals surface area contributed by atoms with Crippen LogP contribution in [0, 0.1) is 11.3 Å². The Bertz CT molecular complexity index is 525. The van der Waals surface area contributed by atoms with Gasteiger partial charge in [0.15, 0.2) is 0 Å². The summed E-state index contributed by atoms with van der Waals surface area (Å²) in [7, 11) is 0. The molecule has 0 aliphatic carbocycles. The molecule has 3 nitrogen and oxygen atoms in total. The van der Waals surface area contributed by atoms with E-state index in [9.17, 15) is 4.39 Å². The van der Waals surface area contributed by atoms with Crippen molar-refractivity contribution in [3.05, 3.63) is 30.1 Å². The van der Waals surface area contributed by atoms with Gasteiger partial charge in [-0.25, -0.2) is 4.98 Å². The van der Waals surface area contributed by atoms with Crippen molar-refractivity contribution in [1.82, 2.24) is 9.55 Å². The quantitative estimate of drug-likeness (QED) is 0.789. The molecule has 82 valence electrons. The predicted octanol–water partition coefficient (Wildman–Crippen LogP) is 2.46.